The number of hydrogen-bond donors (Lipinski definition) is 0. The third kappa shape index (κ3) is 5.40. The second-order valence-electron chi connectivity index (χ2n) is 6.77. The van der Waals surface area contributed by atoms with Gasteiger partial charge < -0.3 is 19.4 Å². The minimum absolute atomic E-state index is 0.174. The zero-order valence-electron chi connectivity index (χ0n) is 16.8. The molecule has 0 bridgehead atoms. The van der Waals surface area contributed by atoms with Crippen molar-refractivity contribution in [2.24, 2.45) is 0 Å². The Balaban J connectivity index is 1.51. The lowest BCUT2D eigenvalue weighted by Crippen LogP contribution is -2.50. The van der Waals surface area contributed by atoms with Gasteiger partial charge in [-0.15, -0.1) is 0 Å². The van der Waals surface area contributed by atoms with Gasteiger partial charge in [0.2, 0.25) is 0 Å². The second kappa shape index (κ2) is 9.81. The minimum Gasteiger partial charge on any atom is -0.450 e. The van der Waals surface area contributed by atoms with Gasteiger partial charge in [0.25, 0.3) is 5.91 Å². The molecular weight excluding hydrogens is 372 g/mol. The summed E-state index contributed by atoms with van der Waals surface area (Å²) in [5.74, 6) is 0.537. The molecule has 154 valence electrons. The zero-order chi connectivity index (χ0) is 20.6. The predicted molar refractivity (Wildman–Crippen MR) is 108 cm³/mol. The smallest absolute Gasteiger partial charge is 0.409 e. The summed E-state index contributed by atoms with van der Waals surface area (Å²) in [6, 6.07) is 3.98. The van der Waals surface area contributed by atoms with Crippen molar-refractivity contribution < 1.29 is 14.3 Å². The van der Waals surface area contributed by atoms with E-state index in [1.165, 1.54) is 11.8 Å². The molecule has 9 nitrogen and oxygen atoms in total. The molecule has 2 aromatic rings. The number of piperazine rings is 1. The van der Waals surface area contributed by atoms with Crippen molar-refractivity contribution in [3.8, 4) is 0 Å². The van der Waals surface area contributed by atoms with Crippen molar-refractivity contribution in [2.45, 2.75) is 13.3 Å². The van der Waals surface area contributed by atoms with E-state index in [2.05, 4.69) is 15.0 Å². The van der Waals surface area contributed by atoms with Crippen molar-refractivity contribution in [3.05, 3.63) is 48.2 Å². The highest BCUT2D eigenvalue weighted by molar-refractivity contribution is 5.92. The summed E-state index contributed by atoms with van der Waals surface area (Å²) in [6.07, 6.45) is 7.22. The fourth-order valence-electron chi connectivity index (χ4n) is 3.06. The number of anilines is 1. The average molecular weight is 398 g/mol. The summed E-state index contributed by atoms with van der Waals surface area (Å²) in [5, 5.41) is 0. The zero-order valence-corrected chi connectivity index (χ0v) is 16.8. The number of nitrogens with zero attached hydrogens (tertiary/aromatic N) is 6. The Morgan fingerprint density at radius 3 is 2.38 bits per heavy atom. The van der Waals surface area contributed by atoms with Crippen LogP contribution in [0.3, 0.4) is 0 Å². The molecular formula is C20H26N6O3. The summed E-state index contributed by atoms with van der Waals surface area (Å²) < 4.78 is 5.00. The van der Waals surface area contributed by atoms with Gasteiger partial charge in [0.15, 0.2) is 0 Å². The maximum Gasteiger partial charge on any atom is 0.409 e. The van der Waals surface area contributed by atoms with Gasteiger partial charge in [-0.25, -0.2) is 14.8 Å². The lowest BCUT2D eigenvalue weighted by atomic mass is 10.2. The largest absolute Gasteiger partial charge is 0.450 e. The molecule has 0 radical (unpaired) electrons. The van der Waals surface area contributed by atoms with E-state index in [4.69, 9.17) is 4.74 Å². The number of ether oxygens (including phenoxy) is 1. The predicted octanol–water partition coefficient (Wildman–Crippen LogP) is 1.46. The molecule has 2 aromatic heterocycles. The third-order valence-electron chi connectivity index (χ3n) is 4.83. The first-order valence-corrected chi connectivity index (χ1v) is 9.71. The van der Waals surface area contributed by atoms with Gasteiger partial charge in [0.05, 0.1) is 19.0 Å². The molecule has 0 aromatic carbocycles. The highest BCUT2D eigenvalue weighted by atomic mass is 16.6. The molecule has 2 amide bonds. The molecule has 9 heteroatoms. The normalized spacial score (nSPS) is 13.9. The Labute approximate surface area is 170 Å². The summed E-state index contributed by atoms with van der Waals surface area (Å²) in [6.45, 7) is 4.71. The van der Waals surface area contributed by atoms with E-state index in [0.29, 0.717) is 44.3 Å². The van der Waals surface area contributed by atoms with Crippen LogP contribution in [-0.2, 0) is 11.2 Å². The Kier molecular flexibility index (Phi) is 6.94. The summed E-state index contributed by atoms with van der Waals surface area (Å²) in [4.78, 5) is 42.4. The Morgan fingerprint density at radius 2 is 1.76 bits per heavy atom. The fourth-order valence-corrected chi connectivity index (χ4v) is 3.06. The third-order valence-corrected chi connectivity index (χ3v) is 4.83. The molecule has 0 saturated carbocycles. The first kappa shape index (κ1) is 20.5. The van der Waals surface area contributed by atoms with Crippen LogP contribution in [0.25, 0.3) is 0 Å². The minimum atomic E-state index is -0.335. The second-order valence-corrected chi connectivity index (χ2v) is 6.77. The van der Waals surface area contributed by atoms with Gasteiger partial charge in [0.1, 0.15) is 11.5 Å². The molecule has 0 atom stereocenters. The number of amides is 2. The van der Waals surface area contributed by atoms with Crippen LogP contribution in [0.4, 0.5) is 10.6 Å². The molecule has 1 saturated heterocycles. The van der Waals surface area contributed by atoms with Crippen molar-refractivity contribution in [2.75, 3.05) is 51.3 Å². The van der Waals surface area contributed by atoms with Gasteiger partial charge >= 0.3 is 6.09 Å². The standard InChI is InChI=1S/C20H26N6O3/c1-3-29-20(28)26-12-10-25(11-13-26)19(27)17-14-23-18(15-22-17)24(2)9-6-16-4-7-21-8-5-16/h4-5,7-8,14-15H,3,6,9-13H2,1-2H3. The molecule has 0 N–H and O–H groups in total. The average Bonchev–Trinajstić information content (AvgIpc) is 2.78. The Bertz CT molecular complexity index is 807. The van der Waals surface area contributed by atoms with Crippen LogP contribution in [0.15, 0.2) is 36.9 Å². The van der Waals surface area contributed by atoms with Crippen LogP contribution >= 0.6 is 0 Å². The Morgan fingerprint density at radius 1 is 1.07 bits per heavy atom. The van der Waals surface area contributed by atoms with Crippen LogP contribution in [0.5, 0.6) is 0 Å². The number of likely N-dealkylation sites (N-methyl/N-ethyl adjacent to an activating group) is 1. The van der Waals surface area contributed by atoms with Crippen molar-refractivity contribution in [1.82, 2.24) is 24.8 Å². The fraction of sp³-hybridized carbons (Fsp3) is 0.450. The summed E-state index contributed by atoms with van der Waals surface area (Å²) >= 11 is 0. The number of pyridine rings is 1. The van der Waals surface area contributed by atoms with E-state index >= 15 is 0 Å². The SMILES string of the molecule is CCOC(=O)N1CCN(C(=O)c2cnc(N(C)CCc3ccncc3)cn2)CC1. The van der Waals surface area contributed by atoms with Gasteiger partial charge in [-0.05, 0) is 31.0 Å². The number of aromatic nitrogens is 3. The van der Waals surface area contributed by atoms with Crippen molar-refractivity contribution >= 4 is 17.8 Å². The van der Waals surface area contributed by atoms with E-state index in [0.717, 1.165) is 13.0 Å². The van der Waals surface area contributed by atoms with Crippen LogP contribution in [0.1, 0.15) is 23.0 Å². The lowest BCUT2D eigenvalue weighted by Gasteiger charge is -2.33. The summed E-state index contributed by atoms with van der Waals surface area (Å²) in [5.41, 5.74) is 1.51. The molecule has 1 aliphatic heterocycles. The maximum absolute atomic E-state index is 12.7. The van der Waals surface area contributed by atoms with Gasteiger partial charge in [-0.2, -0.15) is 0 Å². The van der Waals surface area contributed by atoms with Gasteiger partial charge in [0, 0.05) is 52.2 Å². The number of carbonyl (C=O) groups is 2. The quantitative estimate of drug-likeness (QED) is 0.727. The topological polar surface area (TPSA) is 91.8 Å². The van der Waals surface area contributed by atoms with E-state index in [9.17, 15) is 9.59 Å². The molecule has 0 spiro atoms. The van der Waals surface area contributed by atoms with Gasteiger partial charge in [-0.1, -0.05) is 0 Å². The molecule has 3 rings (SSSR count). The first-order valence-electron chi connectivity index (χ1n) is 9.71. The molecule has 29 heavy (non-hydrogen) atoms. The molecule has 0 unspecified atom stereocenters. The van der Waals surface area contributed by atoms with Crippen LogP contribution < -0.4 is 4.90 Å². The van der Waals surface area contributed by atoms with Crippen molar-refractivity contribution in [1.29, 1.82) is 0 Å². The maximum atomic E-state index is 12.7. The van der Waals surface area contributed by atoms with E-state index in [-0.39, 0.29) is 12.0 Å². The first-order chi connectivity index (χ1) is 14.1. The number of carbonyl (C=O) groups excluding carboxylic acids is 2. The van der Waals surface area contributed by atoms with Crippen LogP contribution in [0.2, 0.25) is 0 Å². The van der Waals surface area contributed by atoms with E-state index < -0.39 is 0 Å². The monoisotopic (exact) mass is 398 g/mol. The molecule has 0 aliphatic carbocycles. The van der Waals surface area contributed by atoms with E-state index in [1.807, 2.05) is 24.1 Å². The highest BCUT2D eigenvalue weighted by Gasteiger charge is 2.26. The number of rotatable bonds is 6. The Hall–Kier alpha value is -3.23. The van der Waals surface area contributed by atoms with Crippen molar-refractivity contribution in [3.63, 3.8) is 0 Å². The lowest BCUT2D eigenvalue weighted by molar-refractivity contribution is 0.0565. The van der Waals surface area contributed by atoms with Crippen LogP contribution in [0, 0.1) is 0 Å². The highest BCUT2D eigenvalue weighted by Crippen LogP contribution is 2.12. The molecule has 1 fully saturated rings. The van der Waals surface area contributed by atoms with Gasteiger partial charge in [-0.3, -0.25) is 9.78 Å². The summed E-state index contributed by atoms with van der Waals surface area (Å²) in [7, 11) is 1.95. The molecule has 3 heterocycles. The number of hydrogen-bond acceptors (Lipinski definition) is 7. The molecule has 1 aliphatic rings. The van der Waals surface area contributed by atoms with E-state index in [1.54, 1.807) is 35.3 Å². The van der Waals surface area contributed by atoms with Crippen LogP contribution in [-0.4, -0.2) is 83.1 Å².